The molecule has 0 fully saturated rings. The van der Waals surface area contributed by atoms with E-state index in [1.54, 1.807) is 23.9 Å². The average molecular weight is 530 g/mol. The van der Waals surface area contributed by atoms with E-state index < -0.39 is 25.2 Å². The van der Waals surface area contributed by atoms with E-state index in [1.165, 1.54) is 6.07 Å². The summed E-state index contributed by atoms with van der Waals surface area (Å²) in [6.07, 6.45) is 0.104. The number of hydrogen-bond acceptors (Lipinski definition) is 2. The van der Waals surface area contributed by atoms with Gasteiger partial charge in [0.1, 0.15) is 6.16 Å². The molecular formula is C17H17Br2F2O3PS. The fourth-order valence-electron chi connectivity index (χ4n) is 2.38. The van der Waals surface area contributed by atoms with E-state index in [0.717, 1.165) is 33.5 Å². The molecule has 142 valence electrons. The molecule has 2 rings (SSSR count). The van der Waals surface area contributed by atoms with Crippen LogP contribution in [0.2, 0.25) is 0 Å². The van der Waals surface area contributed by atoms with Gasteiger partial charge in [0.05, 0.1) is 0 Å². The van der Waals surface area contributed by atoms with Crippen molar-refractivity contribution in [3.05, 3.63) is 62.5 Å². The molecule has 0 aliphatic rings. The molecule has 0 unspecified atom stereocenters. The second-order valence-corrected chi connectivity index (χ2v) is 10.3. The van der Waals surface area contributed by atoms with Crippen LogP contribution in [0.1, 0.15) is 17.5 Å². The number of benzene rings is 2. The van der Waals surface area contributed by atoms with Crippen LogP contribution in [0.4, 0.5) is 8.78 Å². The van der Waals surface area contributed by atoms with Crippen molar-refractivity contribution >= 4 is 51.2 Å². The van der Waals surface area contributed by atoms with Crippen LogP contribution in [0, 0.1) is 0 Å². The summed E-state index contributed by atoms with van der Waals surface area (Å²) < 4.78 is 40.2. The van der Waals surface area contributed by atoms with Crippen LogP contribution < -0.4 is 0 Å². The lowest BCUT2D eigenvalue weighted by Crippen LogP contribution is -2.19. The predicted octanol–water partition coefficient (Wildman–Crippen LogP) is 6.21. The first-order chi connectivity index (χ1) is 12.1. The third-order valence-corrected chi connectivity index (χ3v) is 6.55. The highest BCUT2D eigenvalue weighted by atomic mass is 79.9. The van der Waals surface area contributed by atoms with Crippen molar-refractivity contribution in [2.75, 3.05) is 11.9 Å². The first-order valence-corrected chi connectivity index (χ1v) is 12.0. The molecule has 0 atom stereocenters. The summed E-state index contributed by atoms with van der Waals surface area (Å²) in [4.78, 5) is 18.8. The molecule has 2 N–H and O–H groups in total. The van der Waals surface area contributed by atoms with E-state index in [0.29, 0.717) is 0 Å². The third-order valence-electron chi connectivity index (χ3n) is 3.51. The summed E-state index contributed by atoms with van der Waals surface area (Å²) in [6.45, 7) is 0. The molecular weight excluding hydrogens is 513 g/mol. The number of halogens is 4. The van der Waals surface area contributed by atoms with Crippen LogP contribution in [0.5, 0.6) is 0 Å². The topological polar surface area (TPSA) is 57.5 Å². The zero-order chi connectivity index (χ0) is 19.4. The van der Waals surface area contributed by atoms with Crippen molar-refractivity contribution in [3.63, 3.8) is 0 Å². The summed E-state index contributed by atoms with van der Waals surface area (Å²) >= 11 is 8.25. The lowest BCUT2D eigenvalue weighted by Gasteiger charge is -2.19. The standard InChI is InChI=1S/C17H17Br2F2O3PS/c18-13-4-1-5-14(10-13)26-8-2-3-12-6-7-15(16(19)9-12)17(20,21)11-25(22,23)24/h1,4-7,9-10H,2-3,8,11H2,(H2,22,23,24). The number of hydrogen-bond donors (Lipinski definition) is 2. The van der Waals surface area contributed by atoms with E-state index in [4.69, 9.17) is 9.79 Å². The minimum absolute atomic E-state index is 0.160. The highest BCUT2D eigenvalue weighted by Crippen LogP contribution is 2.46. The van der Waals surface area contributed by atoms with E-state index in [1.807, 2.05) is 24.3 Å². The van der Waals surface area contributed by atoms with Crippen LogP contribution in [0.25, 0.3) is 0 Å². The van der Waals surface area contributed by atoms with E-state index in [9.17, 15) is 13.3 Å². The Labute approximate surface area is 172 Å². The van der Waals surface area contributed by atoms with Crippen LogP contribution in [0.3, 0.4) is 0 Å². The van der Waals surface area contributed by atoms with Crippen molar-refractivity contribution in [2.45, 2.75) is 23.7 Å². The van der Waals surface area contributed by atoms with E-state index in [-0.39, 0.29) is 4.47 Å². The van der Waals surface area contributed by atoms with Crippen molar-refractivity contribution in [1.82, 2.24) is 0 Å². The average Bonchev–Trinajstić information content (AvgIpc) is 2.49. The fraction of sp³-hybridized carbons (Fsp3) is 0.294. The quantitative estimate of drug-likeness (QED) is 0.242. The van der Waals surface area contributed by atoms with Gasteiger partial charge in [0, 0.05) is 19.4 Å². The first kappa shape index (κ1) is 22.1. The molecule has 0 amide bonds. The highest BCUT2D eigenvalue weighted by Gasteiger charge is 2.40. The lowest BCUT2D eigenvalue weighted by atomic mass is 10.0. The summed E-state index contributed by atoms with van der Waals surface area (Å²) in [5, 5.41) is 0. The van der Waals surface area contributed by atoms with Crippen LogP contribution in [-0.4, -0.2) is 21.7 Å². The van der Waals surface area contributed by atoms with Gasteiger partial charge in [0.15, 0.2) is 0 Å². The van der Waals surface area contributed by atoms with Gasteiger partial charge in [0.25, 0.3) is 5.92 Å². The Bertz CT molecular complexity index is 814. The first-order valence-electron chi connectivity index (χ1n) is 7.66. The van der Waals surface area contributed by atoms with Crippen LogP contribution >= 0.6 is 51.2 Å². The second kappa shape index (κ2) is 9.30. The second-order valence-electron chi connectivity index (χ2n) is 5.75. The molecule has 9 heteroatoms. The number of rotatable bonds is 8. The normalized spacial score (nSPS) is 12.4. The summed E-state index contributed by atoms with van der Waals surface area (Å²) in [5.41, 5.74) is 0.482. The van der Waals surface area contributed by atoms with Gasteiger partial charge < -0.3 is 9.79 Å². The lowest BCUT2D eigenvalue weighted by molar-refractivity contribution is 0.0158. The SMILES string of the molecule is O=P(O)(O)CC(F)(F)c1ccc(CCCSc2cccc(Br)c2)cc1Br. The van der Waals surface area contributed by atoms with Gasteiger partial charge in [-0.2, -0.15) is 0 Å². The molecule has 0 saturated heterocycles. The van der Waals surface area contributed by atoms with E-state index in [2.05, 4.69) is 31.9 Å². The Balaban J connectivity index is 1.93. The van der Waals surface area contributed by atoms with Gasteiger partial charge in [-0.25, -0.2) is 8.78 Å². The Hall–Kier alpha value is -0.240. The van der Waals surface area contributed by atoms with Gasteiger partial charge in [-0.05, 0) is 48.4 Å². The molecule has 0 heterocycles. The predicted molar refractivity (Wildman–Crippen MR) is 108 cm³/mol. The fourth-order valence-corrected chi connectivity index (χ4v) is 5.24. The Kier molecular flexibility index (Phi) is 7.89. The molecule has 0 aromatic heterocycles. The van der Waals surface area contributed by atoms with Gasteiger partial charge in [-0.1, -0.05) is 50.1 Å². The molecule has 26 heavy (non-hydrogen) atoms. The summed E-state index contributed by atoms with van der Waals surface area (Å²) in [7, 11) is -4.82. The maximum absolute atomic E-state index is 14.0. The monoisotopic (exact) mass is 528 g/mol. The minimum Gasteiger partial charge on any atom is -0.324 e. The van der Waals surface area contributed by atoms with Crippen molar-refractivity contribution < 1.29 is 23.1 Å². The zero-order valence-corrected chi connectivity index (χ0v) is 18.4. The molecule has 3 nitrogen and oxygen atoms in total. The Morgan fingerprint density at radius 2 is 1.85 bits per heavy atom. The highest BCUT2D eigenvalue weighted by molar-refractivity contribution is 9.10. The molecule has 0 bridgehead atoms. The van der Waals surface area contributed by atoms with Crippen LogP contribution in [-0.2, 0) is 16.9 Å². The van der Waals surface area contributed by atoms with Gasteiger partial charge in [-0.3, -0.25) is 4.57 Å². The molecule has 2 aromatic carbocycles. The van der Waals surface area contributed by atoms with Crippen LogP contribution in [0.15, 0.2) is 56.3 Å². The minimum atomic E-state index is -4.82. The number of alkyl halides is 2. The molecule has 0 spiro atoms. The maximum Gasteiger partial charge on any atom is 0.331 e. The smallest absolute Gasteiger partial charge is 0.324 e. The Morgan fingerprint density at radius 1 is 1.12 bits per heavy atom. The molecule has 0 aliphatic heterocycles. The summed E-state index contributed by atoms with van der Waals surface area (Å²) in [5.74, 6) is -2.70. The van der Waals surface area contributed by atoms with Crippen molar-refractivity contribution in [1.29, 1.82) is 0 Å². The number of aryl methyl sites for hydroxylation is 1. The van der Waals surface area contributed by atoms with Gasteiger partial charge in [0.2, 0.25) is 0 Å². The maximum atomic E-state index is 14.0. The number of thioether (sulfide) groups is 1. The van der Waals surface area contributed by atoms with Crippen molar-refractivity contribution in [3.8, 4) is 0 Å². The Morgan fingerprint density at radius 3 is 2.46 bits per heavy atom. The van der Waals surface area contributed by atoms with Gasteiger partial charge in [-0.15, -0.1) is 11.8 Å². The van der Waals surface area contributed by atoms with Gasteiger partial charge >= 0.3 is 7.60 Å². The largest absolute Gasteiger partial charge is 0.331 e. The van der Waals surface area contributed by atoms with E-state index >= 15 is 0 Å². The molecule has 0 radical (unpaired) electrons. The summed E-state index contributed by atoms with van der Waals surface area (Å²) in [6, 6.07) is 12.4. The van der Waals surface area contributed by atoms with Crippen molar-refractivity contribution in [2.24, 2.45) is 0 Å². The molecule has 0 saturated carbocycles. The molecule has 0 aliphatic carbocycles. The molecule has 2 aromatic rings. The zero-order valence-electron chi connectivity index (χ0n) is 13.5. The third kappa shape index (κ3) is 7.06.